The van der Waals surface area contributed by atoms with Gasteiger partial charge in [0.25, 0.3) is 0 Å². The minimum atomic E-state index is -0.403. The average Bonchev–Trinajstić information content (AvgIpc) is 2.82. The van der Waals surface area contributed by atoms with Crippen molar-refractivity contribution in [2.24, 2.45) is 0 Å². The highest BCUT2D eigenvalue weighted by Crippen LogP contribution is 2.46. The maximum Gasteiger partial charge on any atom is 0.229 e. The summed E-state index contributed by atoms with van der Waals surface area (Å²) in [6.07, 6.45) is 0.163. The molecular formula is C24H24BrN3O4S. The summed E-state index contributed by atoms with van der Waals surface area (Å²) in [6.45, 7) is 5.07. The number of nitriles is 1. The highest BCUT2D eigenvalue weighted by Gasteiger charge is 2.39. The van der Waals surface area contributed by atoms with Gasteiger partial charge in [0.2, 0.25) is 5.91 Å². The van der Waals surface area contributed by atoms with Gasteiger partial charge in [-0.05, 0) is 59.6 Å². The van der Waals surface area contributed by atoms with Crippen LogP contribution in [0.1, 0.15) is 31.7 Å². The molecule has 0 spiro atoms. The third kappa shape index (κ3) is 4.50. The molecule has 0 aliphatic carbocycles. The van der Waals surface area contributed by atoms with Crippen LogP contribution in [0.15, 0.2) is 51.5 Å². The Morgan fingerprint density at radius 3 is 2.67 bits per heavy atom. The second kappa shape index (κ2) is 9.98. The number of halogens is 1. The van der Waals surface area contributed by atoms with Crippen LogP contribution in [0, 0.1) is 11.3 Å². The van der Waals surface area contributed by atoms with Crippen molar-refractivity contribution in [1.29, 1.82) is 5.26 Å². The van der Waals surface area contributed by atoms with Crippen molar-refractivity contribution in [2.75, 3.05) is 30.7 Å². The number of allylic oxidation sites excluding steroid dienone is 1. The normalized spacial score (nSPS) is 18.1. The zero-order chi connectivity index (χ0) is 23.5. The van der Waals surface area contributed by atoms with E-state index >= 15 is 0 Å². The molecule has 1 atom stereocenters. The number of aromatic hydroxyl groups is 1. The number of benzene rings is 2. The maximum atomic E-state index is 13.2. The topological polar surface area (TPSA) is 86.0 Å². The molecule has 1 unspecified atom stereocenters. The van der Waals surface area contributed by atoms with Gasteiger partial charge in [0, 0.05) is 12.3 Å². The number of hydrogen-bond donors (Lipinski definition) is 1. The Labute approximate surface area is 205 Å². The van der Waals surface area contributed by atoms with Crippen LogP contribution < -0.4 is 14.4 Å². The molecule has 2 aliphatic rings. The lowest BCUT2D eigenvalue weighted by Crippen LogP contribution is -2.47. The van der Waals surface area contributed by atoms with Gasteiger partial charge in [-0.25, -0.2) is 0 Å². The van der Waals surface area contributed by atoms with Crippen molar-refractivity contribution in [1.82, 2.24) is 4.90 Å². The minimum Gasteiger partial charge on any atom is -0.503 e. The fourth-order valence-electron chi connectivity index (χ4n) is 4.06. The molecule has 7 nitrogen and oxygen atoms in total. The summed E-state index contributed by atoms with van der Waals surface area (Å²) in [5.74, 6) is 1.24. The predicted molar refractivity (Wildman–Crippen MR) is 131 cm³/mol. The first-order valence-corrected chi connectivity index (χ1v) is 12.5. The van der Waals surface area contributed by atoms with Crippen LogP contribution in [-0.4, -0.2) is 41.7 Å². The molecule has 1 fully saturated rings. The van der Waals surface area contributed by atoms with E-state index in [4.69, 9.17) is 9.47 Å². The standard InChI is InChI=1S/C24H24BrN3O4S/c1-3-31-20-8-6-5-7-19(20)27-13-28-22(29)11-16(17(12-26)24(28)33-14-27)15-9-18(25)23(30)21(10-15)32-4-2/h5-10,16,30H,3-4,11,13-14H2,1-2H3. The molecule has 1 amide bonds. The Morgan fingerprint density at radius 2 is 1.94 bits per heavy atom. The molecule has 1 saturated heterocycles. The van der Waals surface area contributed by atoms with Gasteiger partial charge in [0.1, 0.15) is 5.75 Å². The SMILES string of the molecule is CCOc1ccccc1N1CSC2=C(C#N)C(c3cc(Br)c(O)c(OCC)c3)CC(=O)N2C1. The third-order valence-corrected chi connectivity index (χ3v) is 7.31. The molecular weight excluding hydrogens is 506 g/mol. The molecule has 2 aromatic rings. The van der Waals surface area contributed by atoms with Gasteiger partial charge in [-0.15, -0.1) is 0 Å². The monoisotopic (exact) mass is 529 g/mol. The third-order valence-electron chi connectivity index (χ3n) is 5.55. The highest BCUT2D eigenvalue weighted by atomic mass is 79.9. The Bertz CT molecular complexity index is 1150. The van der Waals surface area contributed by atoms with Crippen molar-refractivity contribution in [3.05, 3.63) is 57.0 Å². The summed E-state index contributed by atoms with van der Waals surface area (Å²) in [7, 11) is 0. The Hall–Kier alpha value is -2.83. The fraction of sp³-hybridized carbons (Fsp3) is 0.333. The van der Waals surface area contributed by atoms with Crippen LogP contribution in [0.5, 0.6) is 17.2 Å². The van der Waals surface area contributed by atoms with Crippen molar-refractivity contribution in [2.45, 2.75) is 26.2 Å². The molecule has 2 heterocycles. The van der Waals surface area contributed by atoms with E-state index in [0.717, 1.165) is 17.0 Å². The molecule has 0 saturated carbocycles. The van der Waals surface area contributed by atoms with E-state index in [0.29, 0.717) is 46.6 Å². The zero-order valence-electron chi connectivity index (χ0n) is 18.4. The number of phenolic OH excluding ortho intramolecular Hbond substituents is 1. The number of thioether (sulfide) groups is 1. The fourth-order valence-corrected chi connectivity index (χ4v) is 5.67. The van der Waals surface area contributed by atoms with Gasteiger partial charge in [-0.2, -0.15) is 5.26 Å². The number of carbonyl (C=O) groups excluding carboxylic acids is 1. The van der Waals surface area contributed by atoms with E-state index in [1.165, 1.54) is 11.8 Å². The summed E-state index contributed by atoms with van der Waals surface area (Å²) in [5, 5.41) is 21.0. The second-order valence-electron chi connectivity index (χ2n) is 7.55. The van der Waals surface area contributed by atoms with E-state index < -0.39 is 5.92 Å². The van der Waals surface area contributed by atoms with E-state index in [1.54, 1.807) is 17.0 Å². The van der Waals surface area contributed by atoms with Gasteiger partial charge >= 0.3 is 0 Å². The first-order chi connectivity index (χ1) is 16.0. The lowest BCUT2D eigenvalue weighted by Gasteiger charge is -2.42. The number of ether oxygens (including phenoxy) is 2. The summed E-state index contributed by atoms with van der Waals surface area (Å²) in [5.41, 5.74) is 2.23. The van der Waals surface area contributed by atoms with Crippen LogP contribution in [-0.2, 0) is 4.79 Å². The Kier molecular flexibility index (Phi) is 7.05. The lowest BCUT2D eigenvalue weighted by atomic mass is 9.86. The van der Waals surface area contributed by atoms with Gasteiger partial charge < -0.3 is 19.5 Å². The van der Waals surface area contributed by atoms with Gasteiger partial charge in [0.15, 0.2) is 11.5 Å². The summed E-state index contributed by atoms with van der Waals surface area (Å²) < 4.78 is 11.8. The predicted octanol–water partition coefficient (Wildman–Crippen LogP) is 5.17. The number of anilines is 1. The van der Waals surface area contributed by atoms with E-state index in [2.05, 4.69) is 26.9 Å². The molecule has 33 heavy (non-hydrogen) atoms. The Balaban J connectivity index is 1.68. The van der Waals surface area contributed by atoms with Crippen molar-refractivity contribution >= 4 is 39.3 Å². The van der Waals surface area contributed by atoms with Crippen LogP contribution in [0.25, 0.3) is 0 Å². The molecule has 0 aromatic heterocycles. The minimum absolute atomic E-state index is 0.00571. The molecule has 2 aromatic carbocycles. The van der Waals surface area contributed by atoms with E-state index in [1.807, 2.05) is 38.1 Å². The molecule has 1 N–H and O–H groups in total. The van der Waals surface area contributed by atoms with E-state index in [-0.39, 0.29) is 18.1 Å². The number of amides is 1. The number of para-hydroxylation sites is 2. The number of nitrogens with zero attached hydrogens (tertiary/aromatic N) is 3. The molecule has 172 valence electrons. The molecule has 4 rings (SSSR count). The first kappa shape index (κ1) is 23.3. The van der Waals surface area contributed by atoms with Crippen molar-refractivity contribution in [3.63, 3.8) is 0 Å². The quantitative estimate of drug-likeness (QED) is 0.552. The molecule has 0 bridgehead atoms. The van der Waals surface area contributed by atoms with Crippen LogP contribution in [0.3, 0.4) is 0 Å². The highest BCUT2D eigenvalue weighted by molar-refractivity contribution is 9.10. The number of hydrogen-bond acceptors (Lipinski definition) is 7. The number of carbonyl (C=O) groups is 1. The van der Waals surface area contributed by atoms with Crippen molar-refractivity contribution in [3.8, 4) is 23.3 Å². The summed E-state index contributed by atoms with van der Waals surface area (Å²) in [4.78, 5) is 17.0. The average molecular weight is 530 g/mol. The zero-order valence-corrected chi connectivity index (χ0v) is 20.8. The lowest BCUT2D eigenvalue weighted by molar-refractivity contribution is -0.129. The van der Waals surface area contributed by atoms with Crippen LogP contribution in [0.2, 0.25) is 0 Å². The van der Waals surface area contributed by atoms with E-state index in [9.17, 15) is 15.2 Å². The number of fused-ring (bicyclic) bond motifs is 1. The maximum absolute atomic E-state index is 13.2. The summed E-state index contributed by atoms with van der Waals surface area (Å²) >= 11 is 4.84. The molecule has 2 aliphatic heterocycles. The van der Waals surface area contributed by atoms with Crippen LogP contribution in [0.4, 0.5) is 5.69 Å². The van der Waals surface area contributed by atoms with Crippen LogP contribution >= 0.6 is 27.7 Å². The Morgan fingerprint density at radius 1 is 1.21 bits per heavy atom. The van der Waals surface area contributed by atoms with Crippen molar-refractivity contribution < 1.29 is 19.4 Å². The molecule has 9 heteroatoms. The first-order valence-electron chi connectivity index (χ1n) is 10.7. The molecule has 0 radical (unpaired) electrons. The number of phenols is 1. The van der Waals surface area contributed by atoms with Gasteiger partial charge in [0.05, 0.1) is 52.6 Å². The largest absolute Gasteiger partial charge is 0.503 e. The second-order valence-corrected chi connectivity index (χ2v) is 9.33. The van der Waals surface area contributed by atoms with Gasteiger partial charge in [-0.1, -0.05) is 23.9 Å². The summed E-state index contributed by atoms with van der Waals surface area (Å²) in [6, 6.07) is 13.6. The smallest absolute Gasteiger partial charge is 0.229 e. The number of rotatable bonds is 6. The van der Waals surface area contributed by atoms with Gasteiger partial charge in [-0.3, -0.25) is 9.69 Å².